The molecule has 2 heterocycles. The van der Waals surface area contributed by atoms with Gasteiger partial charge in [-0.2, -0.15) is 0 Å². The standard InChI is InChI=1S/C6H12N2O.C5H9NO2.C2H6/c1-7-2-4-8(6-9)5-3-7;7-5-6-1-3-8-4-2-6;1-2/h6H,2-5H2,1H3;5H,1-4H2;1-2H3. The Morgan fingerprint density at radius 2 is 1.21 bits per heavy atom. The highest BCUT2D eigenvalue weighted by Gasteiger charge is 2.10. The van der Waals surface area contributed by atoms with E-state index in [9.17, 15) is 9.59 Å². The molecule has 2 aliphatic rings. The fourth-order valence-electron chi connectivity index (χ4n) is 1.61. The molecule has 6 heteroatoms. The van der Waals surface area contributed by atoms with Gasteiger partial charge in [-0.1, -0.05) is 13.8 Å². The number of morpholine rings is 1. The zero-order valence-corrected chi connectivity index (χ0v) is 12.4. The molecule has 0 saturated carbocycles. The summed E-state index contributed by atoms with van der Waals surface area (Å²) < 4.78 is 5.00. The Balaban J connectivity index is 0.000000303. The zero-order chi connectivity index (χ0) is 14.5. The second kappa shape index (κ2) is 11.9. The molecule has 2 fully saturated rings. The van der Waals surface area contributed by atoms with E-state index in [1.54, 1.807) is 9.80 Å². The third-order valence-electron chi connectivity index (χ3n) is 2.88. The van der Waals surface area contributed by atoms with Crippen molar-refractivity contribution in [3.05, 3.63) is 0 Å². The van der Waals surface area contributed by atoms with Gasteiger partial charge in [0.2, 0.25) is 12.8 Å². The second-order valence-corrected chi connectivity index (χ2v) is 4.20. The zero-order valence-electron chi connectivity index (χ0n) is 12.4. The average molecular weight is 273 g/mol. The second-order valence-electron chi connectivity index (χ2n) is 4.20. The number of likely N-dealkylation sites (N-methyl/N-ethyl adjacent to an activating group) is 1. The number of carbonyl (C=O) groups excluding carboxylic acids is 2. The first-order valence-electron chi connectivity index (χ1n) is 6.91. The largest absolute Gasteiger partial charge is 0.378 e. The molecule has 0 spiro atoms. The van der Waals surface area contributed by atoms with Crippen LogP contribution < -0.4 is 0 Å². The van der Waals surface area contributed by atoms with Crippen molar-refractivity contribution in [3.63, 3.8) is 0 Å². The first-order chi connectivity index (χ1) is 9.26. The van der Waals surface area contributed by atoms with Crippen molar-refractivity contribution in [2.45, 2.75) is 13.8 Å². The minimum Gasteiger partial charge on any atom is -0.378 e. The Hall–Kier alpha value is -1.14. The van der Waals surface area contributed by atoms with Crippen LogP contribution in [0.25, 0.3) is 0 Å². The predicted molar refractivity (Wildman–Crippen MR) is 74.9 cm³/mol. The number of ether oxygens (including phenoxy) is 1. The Labute approximate surface area is 116 Å². The van der Waals surface area contributed by atoms with Crippen molar-refractivity contribution in [1.82, 2.24) is 14.7 Å². The van der Waals surface area contributed by atoms with Crippen LogP contribution in [0.1, 0.15) is 13.8 Å². The molecule has 2 saturated heterocycles. The molecule has 0 bridgehead atoms. The number of hydrogen-bond acceptors (Lipinski definition) is 4. The Morgan fingerprint density at radius 3 is 1.58 bits per heavy atom. The molecule has 19 heavy (non-hydrogen) atoms. The third kappa shape index (κ3) is 8.56. The van der Waals surface area contributed by atoms with Gasteiger partial charge in [0.15, 0.2) is 0 Å². The van der Waals surface area contributed by atoms with Crippen LogP contribution >= 0.6 is 0 Å². The summed E-state index contributed by atoms with van der Waals surface area (Å²) in [5.41, 5.74) is 0. The molecule has 0 aromatic carbocycles. The molecule has 2 aliphatic heterocycles. The molecule has 0 aliphatic carbocycles. The lowest BCUT2D eigenvalue weighted by atomic mass is 10.4. The first kappa shape index (κ1) is 17.9. The van der Waals surface area contributed by atoms with Crippen LogP contribution in [0.15, 0.2) is 0 Å². The molecule has 0 radical (unpaired) electrons. The quantitative estimate of drug-likeness (QED) is 0.659. The van der Waals surface area contributed by atoms with Crippen molar-refractivity contribution in [3.8, 4) is 0 Å². The van der Waals surface area contributed by atoms with Gasteiger partial charge >= 0.3 is 0 Å². The normalized spacial score (nSPS) is 19.5. The first-order valence-corrected chi connectivity index (χ1v) is 6.91. The molecular weight excluding hydrogens is 246 g/mol. The summed E-state index contributed by atoms with van der Waals surface area (Å²) in [6, 6.07) is 0. The van der Waals surface area contributed by atoms with Crippen LogP contribution in [0, 0.1) is 0 Å². The topological polar surface area (TPSA) is 53.1 Å². The van der Waals surface area contributed by atoms with E-state index in [0.717, 1.165) is 52.1 Å². The molecule has 2 rings (SSSR count). The van der Waals surface area contributed by atoms with Gasteiger partial charge in [0.1, 0.15) is 0 Å². The fourth-order valence-corrected chi connectivity index (χ4v) is 1.61. The minimum absolute atomic E-state index is 0.693. The SMILES string of the molecule is CC.CN1CCN(C=O)CC1.O=CN1CCOCC1. The number of rotatable bonds is 2. The van der Waals surface area contributed by atoms with Crippen LogP contribution in [0.3, 0.4) is 0 Å². The maximum absolute atomic E-state index is 10.2. The van der Waals surface area contributed by atoms with E-state index < -0.39 is 0 Å². The highest BCUT2D eigenvalue weighted by molar-refractivity contribution is 5.47. The smallest absolute Gasteiger partial charge is 0.209 e. The summed E-state index contributed by atoms with van der Waals surface area (Å²) in [6.45, 7) is 10.7. The van der Waals surface area contributed by atoms with E-state index in [-0.39, 0.29) is 0 Å². The fraction of sp³-hybridized carbons (Fsp3) is 0.846. The van der Waals surface area contributed by atoms with E-state index in [4.69, 9.17) is 4.74 Å². The maximum atomic E-state index is 10.2. The lowest BCUT2D eigenvalue weighted by molar-refractivity contribution is -0.122. The number of piperazine rings is 1. The van der Waals surface area contributed by atoms with Crippen LogP contribution in [-0.4, -0.2) is 87.0 Å². The molecule has 0 unspecified atom stereocenters. The summed E-state index contributed by atoms with van der Waals surface area (Å²) in [7, 11) is 2.07. The van der Waals surface area contributed by atoms with E-state index in [0.29, 0.717) is 13.2 Å². The average Bonchev–Trinajstić information content (AvgIpc) is 2.51. The monoisotopic (exact) mass is 273 g/mol. The van der Waals surface area contributed by atoms with Gasteiger partial charge in [-0.25, -0.2) is 0 Å². The van der Waals surface area contributed by atoms with Crippen molar-refractivity contribution < 1.29 is 14.3 Å². The maximum Gasteiger partial charge on any atom is 0.209 e. The van der Waals surface area contributed by atoms with Gasteiger partial charge in [0.05, 0.1) is 13.2 Å². The third-order valence-corrected chi connectivity index (χ3v) is 2.88. The summed E-state index contributed by atoms with van der Waals surface area (Å²) >= 11 is 0. The number of carbonyl (C=O) groups is 2. The molecule has 112 valence electrons. The summed E-state index contributed by atoms with van der Waals surface area (Å²) in [4.78, 5) is 25.9. The van der Waals surface area contributed by atoms with Crippen molar-refractivity contribution in [1.29, 1.82) is 0 Å². The van der Waals surface area contributed by atoms with Gasteiger partial charge in [-0.3, -0.25) is 9.59 Å². The van der Waals surface area contributed by atoms with Gasteiger partial charge in [0, 0.05) is 39.3 Å². The van der Waals surface area contributed by atoms with E-state index in [2.05, 4.69) is 11.9 Å². The van der Waals surface area contributed by atoms with Crippen molar-refractivity contribution in [2.24, 2.45) is 0 Å². The van der Waals surface area contributed by atoms with Gasteiger partial charge < -0.3 is 19.4 Å². The number of amides is 2. The summed E-state index contributed by atoms with van der Waals surface area (Å²) in [5.74, 6) is 0. The number of hydrogen-bond donors (Lipinski definition) is 0. The summed E-state index contributed by atoms with van der Waals surface area (Å²) in [5, 5.41) is 0. The van der Waals surface area contributed by atoms with Crippen LogP contribution in [0.4, 0.5) is 0 Å². The highest BCUT2D eigenvalue weighted by Crippen LogP contribution is 1.94. The molecule has 2 amide bonds. The summed E-state index contributed by atoms with van der Waals surface area (Å²) in [6.07, 6.45) is 1.79. The minimum atomic E-state index is 0.693. The van der Waals surface area contributed by atoms with Crippen LogP contribution in [0.5, 0.6) is 0 Å². The molecule has 0 aromatic heterocycles. The lowest BCUT2D eigenvalue weighted by Gasteiger charge is -2.29. The Morgan fingerprint density at radius 1 is 0.789 bits per heavy atom. The Bertz CT molecular complexity index is 225. The van der Waals surface area contributed by atoms with Gasteiger partial charge in [-0.05, 0) is 7.05 Å². The van der Waals surface area contributed by atoms with E-state index in [1.807, 2.05) is 13.8 Å². The van der Waals surface area contributed by atoms with Crippen molar-refractivity contribution >= 4 is 12.8 Å². The van der Waals surface area contributed by atoms with Crippen LogP contribution in [0.2, 0.25) is 0 Å². The van der Waals surface area contributed by atoms with E-state index in [1.165, 1.54) is 0 Å². The lowest BCUT2D eigenvalue weighted by Crippen LogP contribution is -2.43. The molecule has 0 N–H and O–H groups in total. The van der Waals surface area contributed by atoms with Crippen LogP contribution in [-0.2, 0) is 14.3 Å². The molecular formula is C13H27N3O3. The van der Waals surface area contributed by atoms with Gasteiger partial charge in [-0.15, -0.1) is 0 Å². The molecule has 0 atom stereocenters. The van der Waals surface area contributed by atoms with Crippen molar-refractivity contribution in [2.75, 3.05) is 59.5 Å². The predicted octanol–water partition coefficient (Wildman–Crippen LogP) is -0.109. The molecule has 0 aromatic rings. The number of nitrogens with zero attached hydrogens (tertiary/aromatic N) is 3. The molecule has 6 nitrogen and oxygen atoms in total. The van der Waals surface area contributed by atoms with Gasteiger partial charge in [0.25, 0.3) is 0 Å². The van der Waals surface area contributed by atoms with E-state index >= 15 is 0 Å². The Kier molecular flexibility index (Phi) is 11.2. The highest BCUT2D eigenvalue weighted by atomic mass is 16.5.